The number of rotatable bonds is 7. The second kappa shape index (κ2) is 7.69. The number of aryl methyl sites for hydroxylation is 1. The molecule has 6 nitrogen and oxygen atoms in total. The predicted octanol–water partition coefficient (Wildman–Crippen LogP) is 3.40. The summed E-state index contributed by atoms with van der Waals surface area (Å²) in [6, 6.07) is 6.91. The molecule has 116 valence electrons. The molecule has 0 N–H and O–H groups in total. The van der Waals surface area contributed by atoms with Crippen molar-refractivity contribution in [2.45, 2.75) is 46.8 Å². The van der Waals surface area contributed by atoms with Crippen molar-refractivity contribution in [1.29, 1.82) is 5.26 Å². The standard InChI is InChI=1S/C14H20NO5P/c1-10(2)17-19-21(16,20-18-11(3)4)14-12(5)7-6-8-13(14)9-15/h6-8,10-11H,1-5H3. The molecule has 1 aromatic carbocycles. The number of benzene rings is 1. The van der Waals surface area contributed by atoms with Crippen LogP contribution in [0.1, 0.15) is 38.8 Å². The van der Waals surface area contributed by atoms with Gasteiger partial charge in [-0.2, -0.15) is 5.26 Å². The molecule has 1 aromatic rings. The van der Waals surface area contributed by atoms with Crippen molar-refractivity contribution < 1.29 is 23.7 Å². The Hall–Kier alpha value is -1.22. The third-order valence-electron chi connectivity index (χ3n) is 2.30. The third kappa shape index (κ3) is 4.92. The maximum Gasteiger partial charge on any atom is 0.416 e. The zero-order valence-electron chi connectivity index (χ0n) is 12.8. The topological polar surface area (TPSA) is 77.8 Å². The van der Waals surface area contributed by atoms with Gasteiger partial charge in [-0.3, -0.25) is 0 Å². The molecular weight excluding hydrogens is 293 g/mol. The first-order valence-electron chi connectivity index (χ1n) is 6.60. The minimum absolute atomic E-state index is 0.147. The van der Waals surface area contributed by atoms with E-state index in [9.17, 15) is 9.83 Å². The van der Waals surface area contributed by atoms with Crippen molar-refractivity contribution in [3.05, 3.63) is 29.3 Å². The summed E-state index contributed by atoms with van der Waals surface area (Å²) in [6.07, 6.45) is -0.647. The lowest BCUT2D eigenvalue weighted by Crippen LogP contribution is -2.20. The molecule has 0 fully saturated rings. The van der Waals surface area contributed by atoms with Crippen LogP contribution in [0.2, 0.25) is 0 Å². The number of hydrogen-bond acceptors (Lipinski definition) is 6. The van der Waals surface area contributed by atoms with Crippen LogP contribution in [0, 0.1) is 18.3 Å². The van der Waals surface area contributed by atoms with E-state index in [-0.39, 0.29) is 23.1 Å². The summed E-state index contributed by atoms with van der Waals surface area (Å²) in [6.45, 7) is 8.58. The molecule has 0 aliphatic carbocycles. The number of hydrogen-bond donors (Lipinski definition) is 0. The average Bonchev–Trinajstić information content (AvgIpc) is 2.42. The molecule has 0 saturated carbocycles. The van der Waals surface area contributed by atoms with Crippen molar-refractivity contribution in [3.63, 3.8) is 0 Å². The Kier molecular flexibility index (Phi) is 6.53. The van der Waals surface area contributed by atoms with Gasteiger partial charge < -0.3 is 0 Å². The second-order valence-electron chi connectivity index (χ2n) is 5.02. The fraction of sp³-hybridized carbons (Fsp3) is 0.500. The van der Waals surface area contributed by atoms with Crippen molar-refractivity contribution in [3.8, 4) is 6.07 Å². The van der Waals surface area contributed by atoms with Gasteiger partial charge in [-0.05, 0) is 46.2 Å². The molecule has 0 bridgehead atoms. The molecule has 1 rings (SSSR count). The number of nitriles is 1. The Morgan fingerprint density at radius 2 is 1.62 bits per heavy atom. The molecule has 0 spiro atoms. The van der Waals surface area contributed by atoms with Crippen LogP contribution in [0.3, 0.4) is 0 Å². The van der Waals surface area contributed by atoms with E-state index in [4.69, 9.17) is 19.1 Å². The SMILES string of the molecule is Cc1cccc(C#N)c1P(=O)(OOC(C)C)OOC(C)C. The van der Waals surface area contributed by atoms with Gasteiger partial charge in [-0.25, -0.2) is 14.3 Å². The molecule has 0 saturated heterocycles. The summed E-state index contributed by atoms with van der Waals surface area (Å²) in [5.41, 5.74) is 0.787. The van der Waals surface area contributed by atoms with Gasteiger partial charge in [-0.1, -0.05) is 12.1 Å². The molecule has 0 aromatic heterocycles. The van der Waals surface area contributed by atoms with E-state index in [0.29, 0.717) is 5.56 Å². The smallest absolute Gasteiger partial charge is 0.249 e. The normalized spacial score (nSPS) is 11.9. The Morgan fingerprint density at radius 3 is 2.05 bits per heavy atom. The molecule has 21 heavy (non-hydrogen) atoms. The van der Waals surface area contributed by atoms with E-state index >= 15 is 0 Å². The molecule has 0 atom stereocenters. The minimum atomic E-state index is -3.94. The van der Waals surface area contributed by atoms with Crippen molar-refractivity contribution in [1.82, 2.24) is 0 Å². The Balaban J connectivity index is 3.24. The summed E-state index contributed by atoms with van der Waals surface area (Å²) in [4.78, 5) is 9.94. The molecule has 0 amide bonds. The zero-order chi connectivity index (χ0) is 16.0. The van der Waals surface area contributed by atoms with Crippen LogP contribution in [-0.2, 0) is 23.7 Å². The molecule has 0 aliphatic heterocycles. The van der Waals surface area contributed by atoms with Gasteiger partial charge in [0.05, 0.1) is 23.1 Å². The average molecular weight is 313 g/mol. The van der Waals surface area contributed by atoms with E-state index in [0.717, 1.165) is 0 Å². The lowest BCUT2D eigenvalue weighted by Gasteiger charge is -2.20. The van der Waals surface area contributed by atoms with E-state index in [1.807, 2.05) is 6.07 Å². The Bertz CT molecular complexity index is 549. The molecule has 7 heteroatoms. The predicted molar refractivity (Wildman–Crippen MR) is 77.7 cm³/mol. The van der Waals surface area contributed by atoms with E-state index in [1.54, 1.807) is 46.8 Å². The second-order valence-corrected chi connectivity index (χ2v) is 6.76. The van der Waals surface area contributed by atoms with Crippen LogP contribution >= 0.6 is 7.60 Å². The monoisotopic (exact) mass is 313 g/mol. The lowest BCUT2D eigenvalue weighted by molar-refractivity contribution is -0.288. The molecule has 0 aliphatic rings. The van der Waals surface area contributed by atoms with Crippen molar-refractivity contribution >= 4 is 12.9 Å². The van der Waals surface area contributed by atoms with Crippen molar-refractivity contribution in [2.75, 3.05) is 0 Å². The molecule has 0 radical (unpaired) electrons. The van der Waals surface area contributed by atoms with Gasteiger partial charge in [0.25, 0.3) is 0 Å². The number of nitrogens with zero attached hydrogens (tertiary/aromatic N) is 1. The Morgan fingerprint density at radius 1 is 1.10 bits per heavy atom. The van der Waals surface area contributed by atoms with Crippen LogP contribution in [0.15, 0.2) is 18.2 Å². The zero-order valence-corrected chi connectivity index (χ0v) is 13.7. The molecular formula is C14H20NO5P. The maximum atomic E-state index is 13.0. The summed E-state index contributed by atoms with van der Waals surface area (Å²) >= 11 is 0. The van der Waals surface area contributed by atoms with Gasteiger partial charge in [0.2, 0.25) is 0 Å². The van der Waals surface area contributed by atoms with Crippen LogP contribution in [0.25, 0.3) is 0 Å². The van der Waals surface area contributed by atoms with Crippen molar-refractivity contribution in [2.24, 2.45) is 0 Å². The first kappa shape index (κ1) is 17.8. The van der Waals surface area contributed by atoms with Gasteiger partial charge >= 0.3 is 7.60 Å². The first-order valence-corrected chi connectivity index (χ1v) is 8.15. The highest BCUT2D eigenvalue weighted by Gasteiger charge is 2.36. The third-order valence-corrected chi connectivity index (χ3v) is 4.01. The quantitative estimate of drug-likeness (QED) is 0.436. The van der Waals surface area contributed by atoms with Crippen LogP contribution < -0.4 is 5.30 Å². The minimum Gasteiger partial charge on any atom is -0.249 e. The first-order chi connectivity index (χ1) is 9.80. The largest absolute Gasteiger partial charge is 0.416 e. The fourth-order valence-electron chi connectivity index (χ4n) is 1.49. The van der Waals surface area contributed by atoms with Crippen LogP contribution in [-0.4, -0.2) is 12.2 Å². The van der Waals surface area contributed by atoms with E-state index < -0.39 is 7.60 Å². The summed E-state index contributed by atoms with van der Waals surface area (Å²) < 4.78 is 23.0. The highest BCUT2D eigenvalue weighted by Crippen LogP contribution is 2.49. The highest BCUT2D eigenvalue weighted by molar-refractivity contribution is 7.62. The lowest BCUT2D eigenvalue weighted by atomic mass is 10.1. The van der Waals surface area contributed by atoms with Gasteiger partial charge in [0, 0.05) is 0 Å². The molecule has 0 heterocycles. The van der Waals surface area contributed by atoms with Gasteiger partial charge in [0.15, 0.2) is 0 Å². The Labute approximate surface area is 125 Å². The summed E-state index contributed by atoms with van der Waals surface area (Å²) in [7, 11) is -3.94. The summed E-state index contributed by atoms with van der Waals surface area (Å²) in [5, 5.41) is 9.34. The van der Waals surface area contributed by atoms with Crippen LogP contribution in [0.5, 0.6) is 0 Å². The van der Waals surface area contributed by atoms with E-state index in [1.165, 1.54) is 6.07 Å². The molecule has 0 unspecified atom stereocenters. The highest BCUT2D eigenvalue weighted by atomic mass is 31.2. The van der Waals surface area contributed by atoms with E-state index in [2.05, 4.69) is 0 Å². The summed E-state index contributed by atoms with van der Waals surface area (Å²) in [5.74, 6) is 0. The van der Waals surface area contributed by atoms with Gasteiger partial charge in [0.1, 0.15) is 6.07 Å². The fourth-order valence-corrected chi connectivity index (χ4v) is 3.16. The van der Waals surface area contributed by atoms with Crippen LogP contribution in [0.4, 0.5) is 0 Å². The van der Waals surface area contributed by atoms with Gasteiger partial charge in [-0.15, -0.1) is 9.35 Å². The maximum absolute atomic E-state index is 13.0.